The molecule has 2 atom stereocenters. The molecule has 1 aromatic rings. The van der Waals surface area contributed by atoms with Crippen molar-refractivity contribution < 1.29 is 23.5 Å². The zero-order chi connectivity index (χ0) is 16.0. The van der Waals surface area contributed by atoms with Crippen molar-refractivity contribution in [3.8, 4) is 5.75 Å². The number of ether oxygens (including phenoxy) is 1. The monoisotopic (exact) mass is 316 g/mol. The maximum atomic E-state index is 11.7. The summed E-state index contributed by atoms with van der Waals surface area (Å²) in [5.74, 6) is -0.322. The van der Waals surface area contributed by atoms with Gasteiger partial charge in [0, 0.05) is 12.1 Å². The predicted molar refractivity (Wildman–Crippen MR) is 76.6 cm³/mol. The van der Waals surface area contributed by atoms with E-state index in [0.29, 0.717) is 0 Å². The Morgan fingerprint density at radius 3 is 2.33 bits per heavy atom. The molecule has 1 rings (SSSR count). The number of rotatable bonds is 7. The van der Waals surface area contributed by atoms with Gasteiger partial charge in [-0.2, -0.15) is 0 Å². The van der Waals surface area contributed by atoms with E-state index in [4.69, 9.17) is 9.26 Å². The predicted octanol–water partition coefficient (Wildman–Crippen LogP) is 2.29. The molecule has 0 saturated heterocycles. The molecule has 8 nitrogen and oxygen atoms in total. The van der Waals surface area contributed by atoms with E-state index in [-0.39, 0.29) is 17.5 Å². The van der Waals surface area contributed by atoms with Crippen LogP contribution >= 0.6 is 8.18 Å². The number of nitro benzene ring substituents is 1. The van der Waals surface area contributed by atoms with E-state index in [9.17, 15) is 19.5 Å². The van der Waals surface area contributed by atoms with Crippen molar-refractivity contribution in [3.63, 3.8) is 0 Å². The Hall–Kier alpha value is -1.92. The average molecular weight is 316 g/mol. The first-order valence-corrected chi connectivity index (χ1v) is 7.54. The van der Waals surface area contributed by atoms with Crippen LogP contribution in [0.1, 0.15) is 20.8 Å². The van der Waals surface area contributed by atoms with E-state index in [1.807, 2.05) is 0 Å². The van der Waals surface area contributed by atoms with Crippen LogP contribution in [-0.4, -0.2) is 23.0 Å². The van der Waals surface area contributed by atoms with Crippen LogP contribution in [0.15, 0.2) is 24.3 Å². The highest BCUT2D eigenvalue weighted by Gasteiger charge is 2.18. The number of hydrogen-bond acceptors (Lipinski definition) is 6. The topological polar surface area (TPSA) is 108 Å². The van der Waals surface area contributed by atoms with Crippen molar-refractivity contribution in [2.24, 2.45) is 0 Å². The molecule has 0 heterocycles. The summed E-state index contributed by atoms with van der Waals surface area (Å²) in [5, 5.41) is 13.0. The Labute approximate surface area is 122 Å². The minimum atomic E-state index is -2.72. The SMILES string of the molecule is CC(C)OC(=O)[C@H](C)N[PH](=O)Oc1ccc([N+](=O)[O-])cc1. The lowest BCUT2D eigenvalue weighted by molar-refractivity contribution is -0.384. The lowest BCUT2D eigenvalue weighted by Crippen LogP contribution is -2.33. The number of nitro groups is 1. The first kappa shape index (κ1) is 17.1. The van der Waals surface area contributed by atoms with Crippen LogP contribution in [0, 0.1) is 10.1 Å². The van der Waals surface area contributed by atoms with Crippen molar-refractivity contribution in [2.45, 2.75) is 32.9 Å². The van der Waals surface area contributed by atoms with Crippen LogP contribution in [0.5, 0.6) is 5.75 Å². The molecule has 116 valence electrons. The molecule has 1 N–H and O–H groups in total. The van der Waals surface area contributed by atoms with E-state index in [2.05, 4.69) is 5.09 Å². The summed E-state index contributed by atoms with van der Waals surface area (Å²) >= 11 is 0. The molecule has 0 saturated carbocycles. The van der Waals surface area contributed by atoms with E-state index >= 15 is 0 Å². The zero-order valence-corrected chi connectivity index (χ0v) is 12.9. The van der Waals surface area contributed by atoms with Gasteiger partial charge in [-0.15, -0.1) is 0 Å². The second-order valence-electron chi connectivity index (χ2n) is 4.49. The summed E-state index contributed by atoms with van der Waals surface area (Å²) in [6.45, 7) is 4.93. The third kappa shape index (κ3) is 5.93. The number of carbonyl (C=O) groups is 1. The van der Waals surface area contributed by atoms with Gasteiger partial charge >= 0.3 is 14.1 Å². The van der Waals surface area contributed by atoms with Gasteiger partial charge in [0.15, 0.2) is 0 Å². The maximum Gasteiger partial charge on any atom is 0.323 e. The van der Waals surface area contributed by atoms with Gasteiger partial charge in [0.2, 0.25) is 0 Å². The van der Waals surface area contributed by atoms with Crippen molar-refractivity contribution in [1.82, 2.24) is 5.09 Å². The largest absolute Gasteiger partial charge is 0.462 e. The number of esters is 1. The van der Waals surface area contributed by atoms with Crippen LogP contribution in [-0.2, 0) is 14.1 Å². The van der Waals surface area contributed by atoms with Crippen molar-refractivity contribution >= 4 is 19.8 Å². The highest BCUT2D eigenvalue weighted by Crippen LogP contribution is 2.26. The Bertz CT molecular complexity index is 531. The highest BCUT2D eigenvalue weighted by molar-refractivity contribution is 7.37. The van der Waals surface area contributed by atoms with Gasteiger partial charge in [0.1, 0.15) is 11.8 Å². The summed E-state index contributed by atoms with van der Waals surface area (Å²) in [7, 11) is -2.72. The zero-order valence-electron chi connectivity index (χ0n) is 11.9. The summed E-state index contributed by atoms with van der Waals surface area (Å²) in [5.41, 5.74) is -0.0936. The number of carbonyl (C=O) groups excluding carboxylic acids is 1. The van der Waals surface area contributed by atoms with Crippen LogP contribution in [0.2, 0.25) is 0 Å². The van der Waals surface area contributed by atoms with Crippen LogP contribution in [0.3, 0.4) is 0 Å². The molecular formula is C12H17N2O6P. The second-order valence-corrected chi connectivity index (χ2v) is 5.56. The molecule has 21 heavy (non-hydrogen) atoms. The van der Waals surface area contributed by atoms with E-state index in [1.165, 1.54) is 31.2 Å². The number of non-ortho nitro benzene ring substituents is 1. The Kier molecular flexibility index (Phi) is 6.33. The molecular weight excluding hydrogens is 299 g/mol. The molecule has 0 spiro atoms. The Morgan fingerprint density at radius 2 is 1.86 bits per heavy atom. The van der Waals surface area contributed by atoms with Gasteiger partial charge in [0.05, 0.1) is 11.0 Å². The van der Waals surface area contributed by atoms with Gasteiger partial charge in [-0.1, -0.05) is 0 Å². The average Bonchev–Trinajstić information content (AvgIpc) is 2.38. The molecule has 0 aliphatic heterocycles. The Balaban J connectivity index is 2.53. The minimum Gasteiger partial charge on any atom is -0.462 e. The van der Waals surface area contributed by atoms with Crippen molar-refractivity contribution in [3.05, 3.63) is 34.4 Å². The van der Waals surface area contributed by atoms with E-state index in [1.54, 1.807) is 13.8 Å². The van der Waals surface area contributed by atoms with Gasteiger partial charge in [-0.05, 0) is 32.9 Å². The quantitative estimate of drug-likeness (QED) is 0.356. The molecule has 0 bridgehead atoms. The van der Waals surface area contributed by atoms with Crippen LogP contribution < -0.4 is 9.61 Å². The normalized spacial score (nSPS) is 13.5. The highest BCUT2D eigenvalue weighted by atomic mass is 31.1. The molecule has 9 heteroatoms. The van der Waals surface area contributed by atoms with Crippen molar-refractivity contribution in [1.29, 1.82) is 0 Å². The Morgan fingerprint density at radius 1 is 1.29 bits per heavy atom. The minimum absolute atomic E-state index is 0.0936. The summed E-state index contributed by atoms with van der Waals surface area (Å²) < 4.78 is 21.8. The number of nitrogens with one attached hydrogen (secondary N) is 1. The van der Waals surface area contributed by atoms with Crippen LogP contribution in [0.4, 0.5) is 5.69 Å². The lowest BCUT2D eigenvalue weighted by Gasteiger charge is -2.15. The molecule has 0 fully saturated rings. The van der Waals surface area contributed by atoms with Gasteiger partial charge in [-0.25, -0.2) is 5.09 Å². The molecule has 1 unspecified atom stereocenters. The fourth-order valence-electron chi connectivity index (χ4n) is 1.34. The number of hydrogen-bond donors (Lipinski definition) is 1. The fourth-order valence-corrected chi connectivity index (χ4v) is 2.22. The number of nitrogens with zero attached hydrogens (tertiary/aromatic N) is 1. The molecule has 0 aliphatic carbocycles. The molecule has 0 aliphatic rings. The summed E-state index contributed by atoms with van der Waals surface area (Å²) in [6, 6.07) is 4.36. The first-order chi connectivity index (χ1) is 9.79. The second kappa shape index (κ2) is 7.75. The third-order valence-electron chi connectivity index (χ3n) is 2.30. The van der Waals surface area contributed by atoms with Gasteiger partial charge < -0.3 is 9.26 Å². The molecule has 0 amide bonds. The molecule has 1 aromatic carbocycles. The standard InChI is InChI=1S/C12H17N2O6P/c1-8(2)19-12(15)9(3)13-21(18)20-11-6-4-10(5-7-11)14(16)17/h4-9,21H,1-3H3,(H,13,18)/t9-/m0/s1. The third-order valence-corrected chi connectivity index (χ3v) is 3.39. The first-order valence-electron chi connectivity index (χ1n) is 6.23. The van der Waals surface area contributed by atoms with Gasteiger partial charge in [-0.3, -0.25) is 19.5 Å². The summed E-state index contributed by atoms with van der Waals surface area (Å²) in [4.78, 5) is 21.5. The lowest BCUT2D eigenvalue weighted by atomic mass is 10.3. The van der Waals surface area contributed by atoms with E-state index < -0.39 is 25.1 Å². The number of benzene rings is 1. The van der Waals surface area contributed by atoms with Crippen LogP contribution in [0.25, 0.3) is 0 Å². The van der Waals surface area contributed by atoms with Gasteiger partial charge in [0.25, 0.3) is 5.69 Å². The fraction of sp³-hybridized carbons (Fsp3) is 0.417. The van der Waals surface area contributed by atoms with E-state index in [0.717, 1.165) is 0 Å². The maximum absolute atomic E-state index is 11.7. The molecule has 0 aromatic heterocycles. The van der Waals surface area contributed by atoms with Crippen molar-refractivity contribution in [2.75, 3.05) is 0 Å². The molecule has 0 radical (unpaired) electrons. The smallest absolute Gasteiger partial charge is 0.323 e. The summed E-state index contributed by atoms with van der Waals surface area (Å²) in [6.07, 6.45) is -0.264.